The molecule has 0 amide bonds. The fourth-order valence-corrected chi connectivity index (χ4v) is 1.03. The van der Waals surface area contributed by atoms with Crippen LogP contribution in [-0.2, 0) is 0 Å². The highest BCUT2D eigenvalue weighted by Gasteiger charge is 2.12. The molecule has 0 atom stereocenters. The van der Waals surface area contributed by atoms with E-state index in [1.54, 1.807) is 0 Å². The zero-order valence-corrected chi connectivity index (χ0v) is 7.30. The van der Waals surface area contributed by atoms with Gasteiger partial charge in [-0.3, -0.25) is 0 Å². The maximum absolute atomic E-state index is 13.1. The number of carbonyl (C=O) groups is 1. The van der Waals surface area contributed by atoms with Crippen LogP contribution in [0.2, 0.25) is 0 Å². The minimum Gasteiger partial charge on any atom is -0.761 e. The topological polar surface area (TPSA) is 84.4 Å². The van der Waals surface area contributed by atoms with Crippen molar-refractivity contribution in [3.8, 4) is 0 Å². The van der Waals surface area contributed by atoms with Crippen molar-refractivity contribution in [2.75, 3.05) is 17.8 Å². The van der Waals surface area contributed by atoms with E-state index in [1.807, 2.05) is 0 Å². The molecule has 0 aliphatic carbocycles. The van der Waals surface area contributed by atoms with E-state index in [9.17, 15) is 14.4 Å². The van der Waals surface area contributed by atoms with Gasteiger partial charge < -0.3 is 21.1 Å². The summed E-state index contributed by atoms with van der Waals surface area (Å²) in [7, 11) is 1.50. The quantitative estimate of drug-likeness (QED) is 0.642. The predicted molar refractivity (Wildman–Crippen MR) is 49.9 cm³/mol. The zero-order chi connectivity index (χ0) is 10.7. The van der Waals surface area contributed by atoms with Crippen molar-refractivity contribution in [3.05, 3.63) is 28.7 Å². The van der Waals surface area contributed by atoms with Gasteiger partial charge in [-0.15, -0.1) is 0 Å². The summed E-state index contributed by atoms with van der Waals surface area (Å²) in [5.74, 6) is -2.30. The van der Waals surface area contributed by atoms with E-state index in [-0.39, 0.29) is 11.4 Å². The smallest absolute Gasteiger partial charge is 0.338 e. The Hall–Kier alpha value is -1.82. The molecule has 0 aliphatic heterocycles. The van der Waals surface area contributed by atoms with Crippen molar-refractivity contribution in [2.24, 2.45) is 0 Å². The number of nitrogens with one attached hydrogen (secondary N) is 2. The van der Waals surface area contributed by atoms with Gasteiger partial charge in [-0.1, -0.05) is 0 Å². The van der Waals surface area contributed by atoms with Crippen molar-refractivity contribution >= 4 is 17.3 Å². The summed E-state index contributed by atoms with van der Waals surface area (Å²) >= 11 is 0. The average Bonchev–Trinajstić information content (AvgIpc) is 2.16. The lowest BCUT2D eigenvalue weighted by Crippen LogP contribution is -2.04. The molecule has 76 valence electrons. The first-order valence-corrected chi connectivity index (χ1v) is 3.73. The van der Waals surface area contributed by atoms with E-state index in [0.717, 1.165) is 12.1 Å². The second-order valence-electron chi connectivity index (χ2n) is 2.53. The number of rotatable bonds is 3. The van der Waals surface area contributed by atoms with Crippen LogP contribution in [0.4, 0.5) is 15.8 Å². The first kappa shape index (κ1) is 10.3. The third kappa shape index (κ3) is 1.74. The highest BCUT2D eigenvalue weighted by Crippen LogP contribution is 2.25. The molecule has 0 heterocycles. The average molecular weight is 199 g/mol. The highest BCUT2D eigenvalue weighted by atomic mass is 19.1. The molecule has 6 heteroatoms. The first-order valence-electron chi connectivity index (χ1n) is 3.73. The van der Waals surface area contributed by atoms with Gasteiger partial charge in [-0.05, 0) is 12.1 Å². The molecule has 1 rings (SSSR count). The van der Waals surface area contributed by atoms with Gasteiger partial charge in [0.1, 0.15) is 5.82 Å². The van der Waals surface area contributed by atoms with E-state index < -0.39 is 17.3 Å². The Kier molecular flexibility index (Phi) is 2.88. The number of benzene rings is 1. The number of carboxylic acid groups (broad SMARTS) is 1. The van der Waals surface area contributed by atoms with E-state index in [2.05, 4.69) is 5.32 Å². The number of carboxylic acids is 1. The molecule has 0 saturated carbocycles. The molecular formula is C8H8FN2O3-. The standard InChI is InChI=1S/C8H8FN2O3/c1-10-6-3-5(9)4(8(12)13)2-7(6)11-14/h2-3,10-11H,1H3,(H,12,13)/q-1. The second-order valence-corrected chi connectivity index (χ2v) is 2.53. The van der Waals surface area contributed by atoms with E-state index in [1.165, 1.54) is 12.5 Å². The molecule has 0 aromatic heterocycles. The van der Waals surface area contributed by atoms with Gasteiger partial charge in [0.2, 0.25) is 0 Å². The van der Waals surface area contributed by atoms with E-state index in [4.69, 9.17) is 5.11 Å². The molecule has 0 aliphatic rings. The Morgan fingerprint density at radius 2 is 2.14 bits per heavy atom. The summed E-state index contributed by atoms with van der Waals surface area (Å²) < 4.78 is 13.1. The molecule has 5 nitrogen and oxygen atoms in total. The minimum absolute atomic E-state index is 0.00806. The highest BCUT2D eigenvalue weighted by molar-refractivity contribution is 5.91. The number of aromatic carboxylic acids is 1. The van der Waals surface area contributed by atoms with Crippen molar-refractivity contribution in [1.82, 2.24) is 0 Å². The number of hydrogen-bond acceptors (Lipinski definition) is 4. The van der Waals surface area contributed by atoms with E-state index in [0.29, 0.717) is 0 Å². The van der Waals surface area contributed by atoms with Gasteiger partial charge in [0, 0.05) is 12.7 Å². The molecule has 0 radical (unpaired) electrons. The van der Waals surface area contributed by atoms with Crippen molar-refractivity contribution < 1.29 is 14.3 Å². The molecule has 0 spiro atoms. The molecular weight excluding hydrogens is 191 g/mol. The van der Waals surface area contributed by atoms with Crippen LogP contribution in [0.1, 0.15) is 10.4 Å². The number of anilines is 2. The Morgan fingerprint density at radius 3 is 2.57 bits per heavy atom. The van der Waals surface area contributed by atoms with Gasteiger partial charge >= 0.3 is 5.97 Å². The molecule has 1 aromatic carbocycles. The summed E-state index contributed by atoms with van der Waals surface area (Å²) in [4.78, 5) is 10.5. The van der Waals surface area contributed by atoms with Gasteiger partial charge in [0.15, 0.2) is 0 Å². The number of halogens is 1. The van der Waals surface area contributed by atoms with Gasteiger partial charge in [0.25, 0.3) is 0 Å². The Bertz CT molecular complexity index is 368. The summed E-state index contributed by atoms with van der Waals surface area (Å²) in [6.45, 7) is 0. The molecule has 0 fully saturated rings. The van der Waals surface area contributed by atoms with Crippen LogP contribution in [0.15, 0.2) is 12.1 Å². The summed E-state index contributed by atoms with van der Waals surface area (Å²) in [6, 6.07) is 1.89. The second kappa shape index (κ2) is 3.93. The largest absolute Gasteiger partial charge is 0.761 e. The third-order valence-electron chi connectivity index (χ3n) is 1.72. The van der Waals surface area contributed by atoms with Crippen LogP contribution in [-0.4, -0.2) is 18.1 Å². The van der Waals surface area contributed by atoms with Crippen LogP contribution in [0.3, 0.4) is 0 Å². The predicted octanol–water partition coefficient (Wildman–Crippen LogP) is 1.48. The Balaban J connectivity index is 3.30. The molecule has 0 unspecified atom stereocenters. The van der Waals surface area contributed by atoms with Gasteiger partial charge in [0.05, 0.1) is 11.3 Å². The normalized spacial score (nSPS) is 9.64. The molecule has 14 heavy (non-hydrogen) atoms. The van der Waals surface area contributed by atoms with Crippen LogP contribution in [0.5, 0.6) is 0 Å². The van der Waals surface area contributed by atoms with Crippen LogP contribution < -0.4 is 10.8 Å². The minimum atomic E-state index is -1.42. The lowest BCUT2D eigenvalue weighted by Gasteiger charge is -2.15. The maximum Gasteiger partial charge on any atom is 0.338 e. The number of hydrogen-bond donors (Lipinski definition) is 3. The van der Waals surface area contributed by atoms with Crippen molar-refractivity contribution in [3.63, 3.8) is 0 Å². The van der Waals surface area contributed by atoms with Crippen LogP contribution >= 0.6 is 0 Å². The van der Waals surface area contributed by atoms with Crippen molar-refractivity contribution in [2.45, 2.75) is 0 Å². The van der Waals surface area contributed by atoms with Gasteiger partial charge in [-0.2, -0.15) is 0 Å². The van der Waals surface area contributed by atoms with Gasteiger partial charge in [-0.25, -0.2) is 9.18 Å². The molecule has 0 saturated heterocycles. The Morgan fingerprint density at radius 1 is 1.50 bits per heavy atom. The molecule has 1 aromatic rings. The van der Waals surface area contributed by atoms with Crippen LogP contribution in [0, 0.1) is 11.0 Å². The summed E-state index contributed by atoms with van der Waals surface area (Å²) in [5.41, 5.74) is 1.19. The molecule has 0 bridgehead atoms. The monoisotopic (exact) mass is 199 g/mol. The summed E-state index contributed by atoms with van der Waals surface area (Å²) in [6.07, 6.45) is 0. The third-order valence-corrected chi connectivity index (χ3v) is 1.72. The Labute approximate surface area is 79.1 Å². The maximum atomic E-state index is 13.1. The fourth-order valence-electron chi connectivity index (χ4n) is 1.03. The molecule has 3 N–H and O–H groups in total. The zero-order valence-electron chi connectivity index (χ0n) is 7.30. The SMILES string of the molecule is CNc1cc(F)c(C(=O)O)cc1N[O-]. The fraction of sp³-hybridized carbons (Fsp3) is 0.125. The summed E-state index contributed by atoms with van der Waals surface area (Å²) in [5, 5.41) is 21.5. The lowest BCUT2D eigenvalue weighted by atomic mass is 10.1. The first-order chi connectivity index (χ1) is 6.60. The van der Waals surface area contributed by atoms with E-state index >= 15 is 0 Å². The van der Waals surface area contributed by atoms with Crippen LogP contribution in [0.25, 0.3) is 0 Å². The van der Waals surface area contributed by atoms with Crippen molar-refractivity contribution in [1.29, 1.82) is 0 Å². The lowest BCUT2D eigenvalue weighted by molar-refractivity contribution is 0.0692.